The fourth-order valence-corrected chi connectivity index (χ4v) is 6.46. The molecule has 7 heteroatoms. The summed E-state index contributed by atoms with van der Waals surface area (Å²) < 4.78 is 11.2. The third-order valence-electron chi connectivity index (χ3n) is 9.30. The Morgan fingerprint density at radius 1 is 0.773 bits per heavy atom. The molecule has 0 bridgehead atoms. The van der Waals surface area contributed by atoms with Gasteiger partial charge in [0.05, 0.1) is 36.6 Å². The van der Waals surface area contributed by atoms with E-state index in [4.69, 9.17) is 9.47 Å². The summed E-state index contributed by atoms with van der Waals surface area (Å²) >= 11 is 0. The maximum atomic E-state index is 11.7. The highest BCUT2D eigenvalue weighted by molar-refractivity contribution is 5.90. The van der Waals surface area contributed by atoms with Gasteiger partial charge in [-0.2, -0.15) is 0 Å². The first kappa shape index (κ1) is 38.9. The van der Waals surface area contributed by atoms with Crippen LogP contribution < -0.4 is 0 Å². The lowest BCUT2D eigenvalue weighted by atomic mass is 9.98. The third-order valence-corrected chi connectivity index (χ3v) is 9.30. The van der Waals surface area contributed by atoms with Crippen molar-refractivity contribution in [2.45, 2.75) is 204 Å². The van der Waals surface area contributed by atoms with Crippen LogP contribution >= 0.6 is 0 Å². The lowest BCUT2D eigenvalue weighted by Gasteiger charge is -2.22. The second kappa shape index (κ2) is 24.0. The highest BCUT2D eigenvalue weighted by Crippen LogP contribution is 2.28. The standard InChI is InChI=1S/C37H66O7/c1-3-4-5-6-7-8-9-10-11-12-13-14-15-19-22-33(39)34(40)24-25-35(41)36-26-23-32(44-36)21-18-16-17-20-31(38)28-30-27-29(2)43-37(30)42/h14-15,27,29,31-36,38-41H,3-13,16-26,28H2,1-2H3/b15-14-. The maximum absolute atomic E-state index is 11.7. The van der Waals surface area contributed by atoms with Crippen molar-refractivity contribution in [2.75, 3.05) is 0 Å². The van der Waals surface area contributed by atoms with Gasteiger partial charge in [0.25, 0.3) is 0 Å². The van der Waals surface area contributed by atoms with Gasteiger partial charge < -0.3 is 29.9 Å². The minimum absolute atomic E-state index is 0.141. The van der Waals surface area contributed by atoms with Crippen LogP contribution in [-0.2, 0) is 14.3 Å². The van der Waals surface area contributed by atoms with E-state index in [1.165, 1.54) is 64.2 Å². The molecule has 256 valence electrons. The minimum atomic E-state index is -0.827. The summed E-state index contributed by atoms with van der Waals surface area (Å²) in [7, 11) is 0. The van der Waals surface area contributed by atoms with Gasteiger partial charge in [-0.15, -0.1) is 0 Å². The van der Waals surface area contributed by atoms with Crippen molar-refractivity contribution in [1.29, 1.82) is 0 Å². The average Bonchev–Trinajstić information content (AvgIpc) is 3.60. The van der Waals surface area contributed by atoms with E-state index in [9.17, 15) is 25.2 Å². The zero-order chi connectivity index (χ0) is 32.0. The number of aliphatic hydroxyl groups is 4. The van der Waals surface area contributed by atoms with E-state index in [0.29, 0.717) is 37.7 Å². The van der Waals surface area contributed by atoms with Crippen molar-refractivity contribution in [2.24, 2.45) is 0 Å². The first-order valence-corrected chi connectivity index (χ1v) is 18.2. The topological polar surface area (TPSA) is 116 Å². The van der Waals surface area contributed by atoms with Crippen LogP contribution in [0.15, 0.2) is 23.8 Å². The first-order valence-electron chi connectivity index (χ1n) is 18.2. The third kappa shape index (κ3) is 17.4. The van der Waals surface area contributed by atoms with Crippen molar-refractivity contribution in [3.05, 3.63) is 23.8 Å². The van der Waals surface area contributed by atoms with Gasteiger partial charge in [0.15, 0.2) is 0 Å². The Labute approximate surface area is 268 Å². The molecule has 0 amide bonds. The number of carbonyl (C=O) groups excluding carboxylic acids is 1. The van der Waals surface area contributed by atoms with Crippen molar-refractivity contribution in [3.63, 3.8) is 0 Å². The van der Waals surface area contributed by atoms with E-state index >= 15 is 0 Å². The lowest BCUT2D eigenvalue weighted by molar-refractivity contribution is -0.139. The van der Waals surface area contributed by atoms with Crippen LogP contribution in [0.2, 0.25) is 0 Å². The van der Waals surface area contributed by atoms with Gasteiger partial charge in [-0.3, -0.25) is 0 Å². The molecular weight excluding hydrogens is 556 g/mol. The van der Waals surface area contributed by atoms with Crippen LogP contribution in [0.1, 0.15) is 162 Å². The van der Waals surface area contributed by atoms with E-state index in [0.717, 1.165) is 51.4 Å². The lowest BCUT2D eigenvalue weighted by Crippen LogP contribution is -2.31. The molecule has 7 nitrogen and oxygen atoms in total. The summed E-state index contributed by atoms with van der Waals surface area (Å²) in [4.78, 5) is 11.7. The minimum Gasteiger partial charge on any atom is -0.455 e. The molecule has 1 fully saturated rings. The first-order chi connectivity index (χ1) is 21.3. The monoisotopic (exact) mass is 622 g/mol. The number of ether oxygens (including phenoxy) is 2. The summed E-state index contributed by atoms with van der Waals surface area (Å²) in [6.07, 6.45) is 26.3. The van der Waals surface area contributed by atoms with Gasteiger partial charge in [0.1, 0.15) is 6.10 Å². The predicted molar refractivity (Wildman–Crippen MR) is 177 cm³/mol. The van der Waals surface area contributed by atoms with Gasteiger partial charge in [-0.1, -0.05) is 96.1 Å². The fraction of sp³-hybridized carbons (Fsp3) is 0.865. The van der Waals surface area contributed by atoms with Crippen LogP contribution in [-0.4, -0.2) is 69.1 Å². The summed E-state index contributed by atoms with van der Waals surface area (Å²) in [6.45, 7) is 4.08. The van der Waals surface area contributed by atoms with Gasteiger partial charge in [0.2, 0.25) is 0 Å². The molecule has 4 N–H and O–H groups in total. The van der Waals surface area contributed by atoms with Crippen LogP contribution in [0.25, 0.3) is 0 Å². The summed E-state index contributed by atoms with van der Waals surface area (Å²) in [5.41, 5.74) is 0.582. The summed E-state index contributed by atoms with van der Waals surface area (Å²) in [5.74, 6) is -0.310. The van der Waals surface area contributed by atoms with Crippen LogP contribution in [0.5, 0.6) is 0 Å². The Morgan fingerprint density at radius 3 is 2.09 bits per heavy atom. The second-order valence-electron chi connectivity index (χ2n) is 13.5. The van der Waals surface area contributed by atoms with E-state index < -0.39 is 24.4 Å². The Morgan fingerprint density at radius 2 is 1.41 bits per heavy atom. The predicted octanol–water partition coefficient (Wildman–Crippen LogP) is 7.62. The number of allylic oxidation sites excluding steroid dienone is 2. The number of cyclic esters (lactones) is 1. The van der Waals surface area contributed by atoms with Crippen molar-refractivity contribution in [3.8, 4) is 0 Å². The Balaban J connectivity index is 1.43. The Bertz CT molecular complexity index is 797. The molecule has 0 spiro atoms. The molecule has 0 aromatic rings. The molecule has 0 radical (unpaired) electrons. The molecular formula is C37H66O7. The van der Waals surface area contributed by atoms with Crippen molar-refractivity contribution < 1.29 is 34.7 Å². The highest BCUT2D eigenvalue weighted by Gasteiger charge is 2.31. The van der Waals surface area contributed by atoms with E-state index in [2.05, 4.69) is 19.1 Å². The molecule has 7 atom stereocenters. The molecule has 2 heterocycles. The Kier molecular flexibility index (Phi) is 21.2. The second-order valence-corrected chi connectivity index (χ2v) is 13.5. The number of esters is 1. The smallest absolute Gasteiger partial charge is 0.334 e. The number of hydrogen-bond donors (Lipinski definition) is 4. The summed E-state index contributed by atoms with van der Waals surface area (Å²) in [6, 6.07) is 0. The number of aliphatic hydroxyl groups excluding tert-OH is 4. The quantitative estimate of drug-likeness (QED) is 0.0423. The van der Waals surface area contributed by atoms with Gasteiger partial charge in [0, 0.05) is 12.0 Å². The zero-order valence-electron chi connectivity index (χ0n) is 28.1. The maximum Gasteiger partial charge on any atom is 0.334 e. The molecule has 44 heavy (non-hydrogen) atoms. The normalized spacial score (nSPS) is 23.2. The molecule has 2 rings (SSSR count). The average molecular weight is 623 g/mol. The van der Waals surface area contributed by atoms with E-state index in [1.54, 1.807) is 6.08 Å². The molecule has 0 saturated carbocycles. The molecule has 0 aromatic heterocycles. The van der Waals surface area contributed by atoms with Gasteiger partial charge >= 0.3 is 5.97 Å². The van der Waals surface area contributed by atoms with Crippen LogP contribution in [0, 0.1) is 0 Å². The molecule has 0 aromatic carbocycles. The van der Waals surface area contributed by atoms with Crippen molar-refractivity contribution in [1.82, 2.24) is 0 Å². The van der Waals surface area contributed by atoms with Gasteiger partial charge in [-0.25, -0.2) is 4.79 Å². The number of hydrogen-bond acceptors (Lipinski definition) is 7. The van der Waals surface area contributed by atoms with Gasteiger partial charge in [-0.05, 0) is 77.2 Å². The number of rotatable bonds is 27. The van der Waals surface area contributed by atoms with Crippen LogP contribution in [0.4, 0.5) is 0 Å². The van der Waals surface area contributed by atoms with E-state index in [1.807, 2.05) is 6.92 Å². The molecule has 7 unspecified atom stereocenters. The molecule has 2 aliphatic rings. The summed E-state index contributed by atoms with van der Waals surface area (Å²) in [5, 5.41) is 41.6. The molecule has 2 aliphatic heterocycles. The largest absolute Gasteiger partial charge is 0.455 e. The van der Waals surface area contributed by atoms with Crippen LogP contribution in [0.3, 0.4) is 0 Å². The molecule has 1 saturated heterocycles. The SMILES string of the molecule is CCCCCCCCCCCC/C=C\CCC(O)C(O)CCC(O)C1CCC(CCCCCC(O)CC2=CC(C)OC2=O)O1. The zero-order valence-corrected chi connectivity index (χ0v) is 28.1. The van der Waals surface area contributed by atoms with Crippen molar-refractivity contribution >= 4 is 5.97 Å². The number of carbonyl (C=O) groups is 1. The highest BCUT2D eigenvalue weighted by atomic mass is 16.5. The number of unbranched alkanes of at least 4 members (excludes halogenated alkanes) is 12. The fourth-order valence-electron chi connectivity index (χ4n) is 6.46. The Hall–Kier alpha value is -1.25. The van der Waals surface area contributed by atoms with E-state index in [-0.39, 0.29) is 24.3 Å². The molecule has 0 aliphatic carbocycles.